The van der Waals surface area contributed by atoms with E-state index in [9.17, 15) is 4.79 Å². The summed E-state index contributed by atoms with van der Waals surface area (Å²) in [6, 6.07) is -0.0350. The minimum Gasteiger partial charge on any atom is -0.468 e. The molecule has 0 saturated carbocycles. The second-order valence-electron chi connectivity index (χ2n) is 4.99. The molecule has 18 heavy (non-hydrogen) atoms. The molecule has 2 atom stereocenters. The lowest BCUT2D eigenvalue weighted by Gasteiger charge is -2.19. The van der Waals surface area contributed by atoms with E-state index < -0.39 is 0 Å². The van der Waals surface area contributed by atoms with Crippen LogP contribution < -0.4 is 5.32 Å². The highest BCUT2D eigenvalue weighted by atomic mass is 16.5. The molecular formula is C13H25NO4. The lowest BCUT2D eigenvalue weighted by molar-refractivity contribution is -0.143. The van der Waals surface area contributed by atoms with Crippen LogP contribution in [0.15, 0.2) is 0 Å². The zero-order chi connectivity index (χ0) is 13.4. The van der Waals surface area contributed by atoms with Gasteiger partial charge in [0.2, 0.25) is 0 Å². The summed E-state index contributed by atoms with van der Waals surface area (Å²) in [4.78, 5) is 11.5. The van der Waals surface area contributed by atoms with Crippen LogP contribution in [0.1, 0.15) is 26.7 Å². The lowest BCUT2D eigenvalue weighted by Crippen LogP contribution is -2.42. The maximum atomic E-state index is 11.5. The normalized spacial score (nSPS) is 21.2. The average molecular weight is 259 g/mol. The Morgan fingerprint density at radius 3 is 2.83 bits per heavy atom. The maximum Gasteiger partial charge on any atom is 0.322 e. The Labute approximate surface area is 109 Å². The summed E-state index contributed by atoms with van der Waals surface area (Å²) in [5, 5.41) is 3.18. The van der Waals surface area contributed by atoms with Crippen LogP contribution in [0, 0.1) is 5.92 Å². The molecule has 1 aliphatic rings. The summed E-state index contributed by atoms with van der Waals surface area (Å²) in [6.07, 6.45) is 1.71. The van der Waals surface area contributed by atoms with Gasteiger partial charge in [0.1, 0.15) is 6.04 Å². The molecule has 0 spiro atoms. The van der Waals surface area contributed by atoms with Crippen molar-refractivity contribution in [1.29, 1.82) is 0 Å². The Morgan fingerprint density at radius 2 is 2.28 bits per heavy atom. The highest BCUT2D eigenvalue weighted by molar-refractivity contribution is 5.75. The smallest absolute Gasteiger partial charge is 0.322 e. The molecule has 1 rings (SSSR count). The summed E-state index contributed by atoms with van der Waals surface area (Å²) in [5.74, 6) is 0.288. The minimum atomic E-state index is -0.283. The molecule has 0 aromatic carbocycles. The predicted molar refractivity (Wildman–Crippen MR) is 68.4 cm³/mol. The molecule has 2 unspecified atom stereocenters. The maximum absolute atomic E-state index is 11.5. The van der Waals surface area contributed by atoms with E-state index in [1.54, 1.807) is 0 Å². The summed E-state index contributed by atoms with van der Waals surface area (Å²) >= 11 is 0. The molecule has 1 fully saturated rings. The number of hydrogen-bond acceptors (Lipinski definition) is 5. The molecule has 1 saturated heterocycles. The highest BCUT2D eigenvalue weighted by Crippen LogP contribution is 2.12. The molecule has 0 aromatic heterocycles. The Bertz CT molecular complexity index is 239. The van der Waals surface area contributed by atoms with Crippen molar-refractivity contribution in [3.8, 4) is 0 Å². The van der Waals surface area contributed by atoms with Crippen molar-refractivity contribution in [2.45, 2.75) is 38.8 Å². The van der Waals surface area contributed by atoms with Gasteiger partial charge in [-0.15, -0.1) is 0 Å². The Kier molecular flexibility index (Phi) is 7.23. The van der Waals surface area contributed by atoms with Crippen LogP contribution in [0.2, 0.25) is 0 Å². The molecule has 0 aromatic rings. The molecule has 106 valence electrons. The van der Waals surface area contributed by atoms with E-state index in [0.717, 1.165) is 26.2 Å². The monoisotopic (exact) mass is 259 g/mol. The SMILES string of the molecule is COC(=O)C(CCOCC1CCOC1)NC(C)C. The molecule has 0 aliphatic carbocycles. The molecule has 1 aliphatic heterocycles. The number of esters is 1. The zero-order valence-electron chi connectivity index (χ0n) is 11.6. The fourth-order valence-corrected chi connectivity index (χ4v) is 1.98. The fraction of sp³-hybridized carbons (Fsp3) is 0.923. The van der Waals surface area contributed by atoms with Gasteiger partial charge in [0.05, 0.1) is 20.3 Å². The van der Waals surface area contributed by atoms with Crippen LogP contribution in [0.25, 0.3) is 0 Å². The van der Waals surface area contributed by atoms with Gasteiger partial charge in [-0.2, -0.15) is 0 Å². The van der Waals surface area contributed by atoms with Crippen molar-refractivity contribution >= 4 is 5.97 Å². The molecule has 0 amide bonds. The first-order valence-electron chi connectivity index (χ1n) is 6.62. The van der Waals surface area contributed by atoms with Gasteiger partial charge in [-0.1, -0.05) is 13.8 Å². The van der Waals surface area contributed by atoms with Gasteiger partial charge in [-0.3, -0.25) is 4.79 Å². The van der Waals surface area contributed by atoms with E-state index in [1.807, 2.05) is 13.8 Å². The van der Waals surface area contributed by atoms with E-state index in [2.05, 4.69) is 5.32 Å². The Balaban J connectivity index is 2.17. The highest BCUT2D eigenvalue weighted by Gasteiger charge is 2.20. The van der Waals surface area contributed by atoms with Gasteiger partial charge in [0.15, 0.2) is 0 Å². The number of rotatable bonds is 8. The number of hydrogen-bond donors (Lipinski definition) is 1. The first-order valence-corrected chi connectivity index (χ1v) is 6.62. The van der Waals surface area contributed by atoms with Crippen molar-refractivity contribution in [3.05, 3.63) is 0 Å². The molecule has 1 heterocycles. The fourth-order valence-electron chi connectivity index (χ4n) is 1.98. The summed E-state index contributed by atoms with van der Waals surface area (Å²) in [6.45, 7) is 6.93. The van der Waals surface area contributed by atoms with Crippen LogP contribution in [-0.4, -0.2) is 51.6 Å². The van der Waals surface area contributed by atoms with Crippen molar-refractivity contribution in [2.24, 2.45) is 5.92 Å². The third kappa shape index (κ3) is 5.80. The van der Waals surface area contributed by atoms with Crippen LogP contribution >= 0.6 is 0 Å². The van der Waals surface area contributed by atoms with Gasteiger partial charge in [-0.25, -0.2) is 0 Å². The number of carbonyl (C=O) groups excluding carboxylic acids is 1. The quantitative estimate of drug-likeness (QED) is 0.520. The third-order valence-electron chi connectivity index (χ3n) is 2.95. The van der Waals surface area contributed by atoms with Crippen LogP contribution in [0.5, 0.6) is 0 Å². The van der Waals surface area contributed by atoms with E-state index in [4.69, 9.17) is 14.2 Å². The standard InChI is InChI=1S/C13H25NO4/c1-10(2)14-12(13(15)16-3)5-7-18-9-11-4-6-17-8-11/h10-12,14H,4-9H2,1-3H3. The van der Waals surface area contributed by atoms with E-state index in [1.165, 1.54) is 7.11 Å². The topological polar surface area (TPSA) is 56.8 Å². The first kappa shape index (κ1) is 15.4. The van der Waals surface area contributed by atoms with E-state index >= 15 is 0 Å². The van der Waals surface area contributed by atoms with Gasteiger partial charge >= 0.3 is 5.97 Å². The predicted octanol–water partition coefficient (Wildman–Crippen LogP) is 0.969. The number of ether oxygens (including phenoxy) is 3. The van der Waals surface area contributed by atoms with Gasteiger partial charge in [0, 0.05) is 25.2 Å². The Morgan fingerprint density at radius 1 is 1.50 bits per heavy atom. The summed E-state index contributed by atoms with van der Waals surface area (Å²) in [5.41, 5.74) is 0. The van der Waals surface area contributed by atoms with E-state index in [-0.39, 0.29) is 18.1 Å². The lowest BCUT2D eigenvalue weighted by atomic mass is 10.1. The molecule has 5 nitrogen and oxygen atoms in total. The number of carbonyl (C=O) groups is 1. The van der Waals surface area contributed by atoms with Crippen molar-refractivity contribution in [3.63, 3.8) is 0 Å². The second kappa shape index (κ2) is 8.45. The summed E-state index contributed by atoms with van der Waals surface area (Å²) in [7, 11) is 1.41. The second-order valence-corrected chi connectivity index (χ2v) is 4.99. The van der Waals surface area contributed by atoms with Crippen molar-refractivity contribution < 1.29 is 19.0 Å². The van der Waals surface area contributed by atoms with Crippen LogP contribution in [0.3, 0.4) is 0 Å². The van der Waals surface area contributed by atoms with Gasteiger partial charge in [0.25, 0.3) is 0 Å². The van der Waals surface area contributed by atoms with Crippen LogP contribution in [0.4, 0.5) is 0 Å². The summed E-state index contributed by atoms with van der Waals surface area (Å²) < 4.78 is 15.6. The minimum absolute atomic E-state index is 0.225. The van der Waals surface area contributed by atoms with Crippen LogP contribution in [-0.2, 0) is 19.0 Å². The van der Waals surface area contributed by atoms with Crippen molar-refractivity contribution in [1.82, 2.24) is 5.32 Å². The average Bonchev–Trinajstić information content (AvgIpc) is 2.84. The molecular weight excluding hydrogens is 234 g/mol. The number of nitrogens with one attached hydrogen (secondary N) is 1. The molecule has 5 heteroatoms. The largest absolute Gasteiger partial charge is 0.468 e. The first-order chi connectivity index (χ1) is 8.63. The van der Waals surface area contributed by atoms with Crippen molar-refractivity contribution in [2.75, 3.05) is 33.5 Å². The molecule has 0 bridgehead atoms. The third-order valence-corrected chi connectivity index (χ3v) is 2.95. The molecule has 1 N–H and O–H groups in total. The molecule has 0 radical (unpaired) electrons. The zero-order valence-corrected chi connectivity index (χ0v) is 11.6. The van der Waals surface area contributed by atoms with Gasteiger partial charge in [-0.05, 0) is 12.8 Å². The van der Waals surface area contributed by atoms with Gasteiger partial charge < -0.3 is 19.5 Å². The number of methoxy groups -OCH3 is 1. The Hall–Kier alpha value is -0.650. The van der Waals surface area contributed by atoms with E-state index in [0.29, 0.717) is 18.9 Å².